The molecular weight excluding hydrogens is 216 g/mol. The van der Waals surface area contributed by atoms with Crippen molar-refractivity contribution in [1.82, 2.24) is 0 Å². The Morgan fingerprint density at radius 3 is 2.24 bits per heavy atom. The summed E-state index contributed by atoms with van der Waals surface area (Å²) in [6.45, 7) is 7.01. The molecular formula is C14H18O3. The van der Waals surface area contributed by atoms with E-state index in [1.54, 1.807) is 0 Å². The van der Waals surface area contributed by atoms with Crippen LogP contribution in [0.2, 0.25) is 0 Å². The van der Waals surface area contributed by atoms with Crippen molar-refractivity contribution in [2.24, 2.45) is 0 Å². The normalized spacial score (nSPS) is 17.4. The molecule has 0 saturated carbocycles. The van der Waals surface area contributed by atoms with E-state index in [1.807, 2.05) is 6.92 Å². The summed E-state index contributed by atoms with van der Waals surface area (Å²) in [5.41, 5.74) is 4.02. The Bertz CT molecular complexity index is 459. The van der Waals surface area contributed by atoms with E-state index in [1.165, 1.54) is 18.2 Å². The van der Waals surface area contributed by atoms with Gasteiger partial charge in [-0.25, -0.2) is 0 Å². The van der Waals surface area contributed by atoms with Crippen molar-refractivity contribution >= 4 is 5.97 Å². The molecule has 1 aliphatic rings. The van der Waals surface area contributed by atoms with E-state index >= 15 is 0 Å². The van der Waals surface area contributed by atoms with Gasteiger partial charge in [0.05, 0.1) is 20.3 Å². The average Bonchev–Trinajstić information content (AvgIpc) is 2.23. The molecule has 0 N–H and O–H groups in total. The van der Waals surface area contributed by atoms with Crippen LogP contribution in [0, 0.1) is 20.8 Å². The molecule has 92 valence electrons. The lowest BCUT2D eigenvalue weighted by atomic mass is 9.75. The molecule has 1 aromatic rings. The number of carbonyl (C=O) groups excluding carboxylic acids is 1. The van der Waals surface area contributed by atoms with Gasteiger partial charge in [0, 0.05) is 0 Å². The van der Waals surface area contributed by atoms with Gasteiger partial charge < -0.3 is 9.47 Å². The number of rotatable bonds is 2. The number of hydrogen-bond donors (Lipinski definition) is 0. The lowest BCUT2D eigenvalue weighted by Gasteiger charge is -2.40. The Morgan fingerprint density at radius 2 is 1.76 bits per heavy atom. The number of methoxy groups -OCH3 is 1. The highest BCUT2D eigenvalue weighted by Gasteiger charge is 2.49. The molecule has 1 heterocycles. The van der Waals surface area contributed by atoms with Crippen LogP contribution < -0.4 is 0 Å². The predicted octanol–water partition coefficient (Wildman–Crippen LogP) is 2.05. The summed E-state index contributed by atoms with van der Waals surface area (Å²) in [4.78, 5) is 12.0. The largest absolute Gasteiger partial charge is 0.468 e. The first-order valence-electron chi connectivity index (χ1n) is 5.76. The average molecular weight is 234 g/mol. The molecule has 2 rings (SSSR count). The number of aryl methyl sites for hydroxylation is 3. The molecule has 17 heavy (non-hydrogen) atoms. The Balaban J connectivity index is 2.52. The second-order valence-corrected chi connectivity index (χ2v) is 4.82. The highest BCUT2D eigenvalue weighted by molar-refractivity contribution is 5.85. The third kappa shape index (κ3) is 1.75. The number of carbonyl (C=O) groups is 1. The first-order chi connectivity index (χ1) is 8.01. The fraction of sp³-hybridized carbons (Fsp3) is 0.500. The van der Waals surface area contributed by atoms with E-state index in [0.717, 1.165) is 11.1 Å². The van der Waals surface area contributed by atoms with Crippen LogP contribution in [0.5, 0.6) is 0 Å². The van der Waals surface area contributed by atoms with Crippen LogP contribution in [-0.4, -0.2) is 26.3 Å². The van der Waals surface area contributed by atoms with Gasteiger partial charge in [-0.2, -0.15) is 0 Å². The van der Waals surface area contributed by atoms with Gasteiger partial charge in [-0.3, -0.25) is 4.79 Å². The predicted molar refractivity (Wildman–Crippen MR) is 65.2 cm³/mol. The van der Waals surface area contributed by atoms with Gasteiger partial charge in [-0.1, -0.05) is 12.1 Å². The molecule has 1 aromatic carbocycles. The molecule has 0 unspecified atom stereocenters. The minimum atomic E-state index is -0.586. The minimum Gasteiger partial charge on any atom is -0.468 e. The molecule has 0 amide bonds. The molecule has 1 saturated heterocycles. The van der Waals surface area contributed by atoms with Gasteiger partial charge in [0.1, 0.15) is 5.41 Å². The van der Waals surface area contributed by atoms with Crippen molar-refractivity contribution < 1.29 is 14.3 Å². The summed E-state index contributed by atoms with van der Waals surface area (Å²) in [7, 11) is 1.43. The lowest BCUT2D eigenvalue weighted by Crippen LogP contribution is -2.54. The fourth-order valence-electron chi connectivity index (χ4n) is 2.36. The van der Waals surface area contributed by atoms with E-state index in [4.69, 9.17) is 9.47 Å². The lowest BCUT2D eigenvalue weighted by molar-refractivity contribution is -0.166. The monoisotopic (exact) mass is 234 g/mol. The molecule has 3 nitrogen and oxygen atoms in total. The van der Waals surface area contributed by atoms with E-state index in [0.29, 0.717) is 13.2 Å². The van der Waals surface area contributed by atoms with Crippen molar-refractivity contribution in [3.63, 3.8) is 0 Å². The van der Waals surface area contributed by atoms with Crippen LogP contribution in [0.1, 0.15) is 22.3 Å². The number of hydrogen-bond acceptors (Lipinski definition) is 3. The maximum absolute atomic E-state index is 12.0. The third-order valence-electron chi connectivity index (χ3n) is 3.63. The van der Waals surface area contributed by atoms with Crippen LogP contribution in [0.15, 0.2) is 12.1 Å². The third-order valence-corrected chi connectivity index (χ3v) is 3.63. The van der Waals surface area contributed by atoms with E-state index in [-0.39, 0.29) is 5.97 Å². The van der Waals surface area contributed by atoms with E-state index < -0.39 is 5.41 Å². The molecule has 0 radical (unpaired) electrons. The van der Waals surface area contributed by atoms with Crippen molar-refractivity contribution in [3.8, 4) is 0 Å². The van der Waals surface area contributed by atoms with E-state index in [2.05, 4.69) is 26.0 Å². The Kier molecular flexibility index (Phi) is 2.96. The molecule has 1 aliphatic heterocycles. The Labute approximate surface area is 102 Å². The van der Waals surface area contributed by atoms with Gasteiger partial charge in [-0.05, 0) is 43.0 Å². The van der Waals surface area contributed by atoms with Crippen LogP contribution in [0.25, 0.3) is 0 Å². The summed E-state index contributed by atoms with van der Waals surface area (Å²) in [6.07, 6.45) is 0. The standard InChI is InChI=1S/C14H18O3/c1-9-5-11(3)12(6-10(9)2)14(7-17-8-14)13(15)16-4/h5-6H,7-8H2,1-4H3. The van der Waals surface area contributed by atoms with Crippen molar-refractivity contribution in [1.29, 1.82) is 0 Å². The summed E-state index contributed by atoms with van der Waals surface area (Å²) in [6, 6.07) is 4.21. The maximum Gasteiger partial charge on any atom is 0.321 e. The molecule has 3 heteroatoms. The zero-order chi connectivity index (χ0) is 12.6. The first-order valence-corrected chi connectivity index (χ1v) is 5.76. The summed E-state index contributed by atoms with van der Waals surface area (Å²) in [5.74, 6) is -0.199. The first kappa shape index (κ1) is 12.1. The smallest absolute Gasteiger partial charge is 0.321 e. The maximum atomic E-state index is 12.0. The number of ether oxygens (including phenoxy) is 2. The molecule has 1 fully saturated rings. The van der Waals surface area contributed by atoms with Crippen LogP contribution in [0.4, 0.5) is 0 Å². The fourth-order valence-corrected chi connectivity index (χ4v) is 2.36. The quantitative estimate of drug-likeness (QED) is 0.735. The zero-order valence-electron chi connectivity index (χ0n) is 10.8. The second-order valence-electron chi connectivity index (χ2n) is 4.82. The van der Waals surface area contributed by atoms with E-state index in [9.17, 15) is 4.79 Å². The van der Waals surface area contributed by atoms with Crippen molar-refractivity contribution in [2.45, 2.75) is 26.2 Å². The summed E-state index contributed by atoms with van der Waals surface area (Å²) >= 11 is 0. The molecule has 0 bridgehead atoms. The van der Waals surface area contributed by atoms with Gasteiger partial charge in [0.2, 0.25) is 0 Å². The Hall–Kier alpha value is -1.35. The highest BCUT2D eigenvalue weighted by Crippen LogP contribution is 2.36. The second kappa shape index (κ2) is 4.15. The summed E-state index contributed by atoms with van der Waals surface area (Å²) in [5, 5.41) is 0. The van der Waals surface area contributed by atoms with Crippen LogP contribution in [-0.2, 0) is 19.7 Å². The molecule has 0 aromatic heterocycles. The number of esters is 1. The molecule has 0 aliphatic carbocycles. The Morgan fingerprint density at radius 1 is 1.18 bits per heavy atom. The molecule has 0 spiro atoms. The van der Waals surface area contributed by atoms with Crippen molar-refractivity contribution in [2.75, 3.05) is 20.3 Å². The number of benzene rings is 1. The van der Waals surface area contributed by atoms with Gasteiger partial charge in [-0.15, -0.1) is 0 Å². The van der Waals surface area contributed by atoms with Gasteiger partial charge in [0.15, 0.2) is 0 Å². The summed E-state index contributed by atoms with van der Waals surface area (Å²) < 4.78 is 10.2. The van der Waals surface area contributed by atoms with Crippen LogP contribution in [0.3, 0.4) is 0 Å². The van der Waals surface area contributed by atoms with Gasteiger partial charge in [0.25, 0.3) is 0 Å². The van der Waals surface area contributed by atoms with Crippen LogP contribution >= 0.6 is 0 Å². The SMILES string of the molecule is COC(=O)C1(c2cc(C)c(C)cc2C)COC1. The minimum absolute atomic E-state index is 0.199. The topological polar surface area (TPSA) is 35.5 Å². The van der Waals surface area contributed by atoms with Crippen molar-refractivity contribution in [3.05, 3.63) is 34.4 Å². The van der Waals surface area contributed by atoms with Gasteiger partial charge >= 0.3 is 5.97 Å². The zero-order valence-corrected chi connectivity index (χ0v) is 10.8. The highest BCUT2D eigenvalue weighted by atomic mass is 16.5. The molecule has 0 atom stereocenters.